The third-order valence-corrected chi connectivity index (χ3v) is 6.92. The number of likely N-dealkylation sites (tertiary alicyclic amines) is 1. The van der Waals surface area contributed by atoms with Crippen LogP contribution >= 0.6 is 0 Å². The van der Waals surface area contributed by atoms with Crippen LogP contribution in [0.2, 0.25) is 0 Å². The van der Waals surface area contributed by atoms with Gasteiger partial charge in [-0.05, 0) is 30.9 Å². The van der Waals surface area contributed by atoms with E-state index < -0.39 is 18.3 Å². The minimum Gasteiger partial charge on any atom is -0.399 e. The first kappa shape index (κ1) is 27.5. The van der Waals surface area contributed by atoms with Crippen molar-refractivity contribution in [2.24, 2.45) is 10.1 Å². The molecule has 3 aliphatic heterocycles. The highest BCUT2D eigenvalue weighted by Crippen LogP contribution is 2.18. The van der Waals surface area contributed by atoms with Crippen LogP contribution in [0.3, 0.4) is 0 Å². The van der Waals surface area contributed by atoms with Crippen molar-refractivity contribution in [3.8, 4) is 0 Å². The zero-order valence-electron chi connectivity index (χ0n) is 21.8. The molecule has 2 unspecified atom stereocenters. The monoisotopic (exact) mass is 529 g/mol. The molecule has 0 saturated carbocycles. The molecule has 12 heteroatoms. The van der Waals surface area contributed by atoms with Crippen molar-refractivity contribution in [1.29, 1.82) is 0 Å². The number of hydrogen-bond acceptors (Lipinski definition) is 9. The topological polar surface area (TPSA) is 131 Å². The number of fused-ring (bicyclic) bond motifs is 1. The molecule has 206 valence electrons. The van der Waals surface area contributed by atoms with Crippen LogP contribution < -0.4 is 16.0 Å². The Kier molecular flexibility index (Phi) is 9.29. The van der Waals surface area contributed by atoms with E-state index in [1.165, 1.54) is 36.1 Å². The highest BCUT2D eigenvalue weighted by Gasteiger charge is 2.33. The van der Waals surface area contributed by atoms with Gasteiger partial charge < -0.3 is 30.8 Å². The Morgan fingerprint density at radius 3 is 2.87 bits per heavy atom. The lowest BCUT2D eigenvalue weighted by atomic mass is 10.00. The molecule has 3 heterocycles. The number of rotatable bonds is 8. The zero-order chi connectivity index (χ0) is 27.1. The lowest BCUT2D eigenvalue weighted by molar-refractivity contribution is -0.126. The molecule has 0 spiro atoms. The minimum atomic E-state index is -1.32. The van der Waals surface area contributed by atoms with Crippen molar-refractivity contribution in [3.63, 3.8) is 0 Å². The number of amidine groups is 1. The van der Waals surface area contributed by atoms with Crippen LogP contribution in [0, 0.1) is 0 Å². The number of piperidine rings is 1. The van der Waals surface area contributed by atoms with E-state index in [4.69, 9.17) is 0 Å². The maximum atomic E-state index is 14.9. The minimum absolute atomic E-state index is 0.0733. The molecular formula is C26H36FN7O4. The number of nitrogens with one attached hydrogen (secondary N) is 3. The van der Waals surface area contributed by atoms with Crippen LogP contribution in [0.15, 0.2) is 46.2 Å². The Bertz CT molecular complexity index is 1110. The fourth-order valence-electron chi connectivity index (χ4n) is 4.90. The molecule has 3 aliphatic rings. The van der Waals surface area contributed by atoms with Crippen molar-refractivity contribution >= 4 is 23.4 Å². The number of benzene rings is 1. The maximum Gasteiger partial charge on any atom is 0.271 e. The van der Waals surface area contributed by atoms with E-state index in [1.807, 2.05) is 12.1 Å². The number of nitrogens with zero attached hydrogens (tertiary/aromatic N) is 4. The molecule has 0 bridgehead atoms. The number of halogens is 1. The quantitative estimate of drug-likeness (QED) is 0.274. The molecule has 2 amide bonds. The number of β-amino-alcohol motifs (C(OH)–C–C–N with tert-alkyl or cyclic N) is 1. The summed E-state index contributed by atoms with van der Waals surface area (Å²) in [6.45, 7) is 4.19. The molecule has 1 fully saturated rings. The summed E-state index contributed by atoms with van der Waals surface area (Å²) in [5, 5.41) is 22.9. The van der Waals surface area contributed by atoms with Gasteiger partial charge in [-0.2, -0.15) is 0 Å². The number of aliphatic imine (C=N–C) groups is 1. The van der Waals surface area contributed by atoms with Gasteiger partial charge in [0.05, 0.1) is 18.7 Å². The second kappa shape index (κ2) is 12.8. The van der Waals surface area contributed by atoms with E-state index in [9.17, 15) is 19.1 Å². The van der Waals surface area contributed by atoms with E-state index in [0.29, 0.717) is 25.3 Å². The van der Waals surface area contributed by atoms with Gasteiger partial charge in [-0.1, -0.05) is 29.4 Å². The van der Waals surface area contributed by atoms with E-state index in [0.717, 1.165) is 19.5 Å². The normalized spacial score (nSPS) is 22.8. The molecular weight excluding hydrogens is 493 g/mol. The number of carbonyl (C=O) groups is 2. The van der Waals surface area contributed by atoms with Gasteiger partial charge in [-0.15, -0.1) is 0 Å². The fourth-order valence-corrected chi connectivity index (χ4v) is 4.90. The molecule has 4 rings (SSSR count). The van der Waals surface area contributed by atoms with Gasteiger partial charge >= 0.3 is 0 Å². The number of oxime groups is 1. The van der Waals surface area contributed by atoms with Crippen LogP contribution in [0.4, 0.5) is 4.39 Å². The molecule has 38 heavy (non-hydrogen) atoms. The molecule has 4 N–H and O–H groups in total. The molecule has 0 aliphatic carbocycles. The van der Waals surface area contributed by atoms with Gasteiger partial charge in [0.15, 0.2) is 0 Å². The summed E-state index contributed by atoms with van der Waals surface area (Å²) in [5.41, 5.74) is 3.07. The molecule has 1 aromatic rings. The van der Waals surface area contributed by atoms with Crippen LogP contribution in [-0.2, 0) is 27.4 Å². The van der Waals surface area contributed by atoms with Gasteiger partial charge in [-0.25, -0.2) is 9.38 Å². The van der Waals surface area contributed by atoms with Crippen LogP contribution in [-0.4, -0.2) is 103 Å². The summed E-state index contributed by atoms with van der Waals surface area (Å²) < 4.78 is 14.9. The number of amides is 2. The molecule has 0 radical (unpaired) electrons. The number of alkyl halides is 1. The van der Waals surface area contributed by atoms with E-state index >= 15 is 0 Å². The van der Waals surface area contributed by atoms with Gasteiger partial charge in [0.2, 0.25) is 0 Å². The maximum absolute atomic E-state index is 14.9. The number of hydrogen-bond donors (Lipinski definition) is 4. The Balaban J connectivity index is 1.23. The summed E-state index contributed by atoms with van der Waals surface area (Å²) >= 11 is 0. The van der Waals surface area contributed by atoms with Crippen molar-refractivity contribution < 1.29 is 23.9 Å². The lowest BCUT2D eigenvalue weighted by Crippen LogP contribution is -2.55. The summed E-state index contributed by atoms with van der Waals surface area (Å²) in [6, 6.07) is 7.76. The Hall–Kier alpha value is -3.51. The summed E-state index contributed by atoms with van der Waals surface area (Å²) in [7, 11) is 1.35. The summed E-state index contributed by atoms with van der Waals surface area (Å²) in [6.07, 6.45) is 0.827. The van der Waals surface area contributed by atoms with E-state index in [2.05, 4.69) is 48.0 Å². The third kappa shape index (κ3) is 7.07. The molecule has 1 aromatic carbocycles. The van der Waals surface area contributed by atoms with Crippen molar-refractivity contribution in [1.82, 2.24) is 25.8 Å². The second-order valence-electron chi connectivity index (χ2n) is 9.72. The number of aliphatic hydroxyl groups excluding tert-OH is 1. The average molecular weight is 530 g/mol. The van der Waals surface area contributed by atoms with Crippen molar-refractivity contribution in [2.75, 3.05) is 46.5 Å². The Morgan fingerprint density at radius 2 is 2.11 bits per heavy atom. The largest absolute Gasteiger partial charge is 0.399 e. The van der Waals surface area contributed by atoms with Crippen molar-refractivity contribution in [2.45, 2.75) is 44.6 Å². The first-order valence-corrected chi connectivity index (χ1v) is 12.9. The average Bonchev–Trinajstić information content (AvgIpc) is 2.92. The first-order valence-electron chi connectivity index (χ1n) is 12.9. The Morgan fingerprint density at radius 1 is 1.32 bits per heavy atom. The standard InChI is InChI=1S/C26H36FN7O4/c1-17(32-38-2)26(37)34-10-8-22(21(27)15-34)31-24-11-23(29-16-30-24)25(36)28-12-20(35)14-33-9-7-18-5-3-4-6-19(18)13-33/h3-6,11,20-22,29,35H,7-10,12-16H2,1-2H3,(H,28,36)(H,30,31)/t20-,21?,22?/m0/s1. The Labute approximate surface area is 221 Å². The zero-order valence-corrected chi connectivity index (χ0v) is 21.8. The number of carbonyl (C=O) groups excluding carboxylic acids is 2. The predicted octanol–water partition coefficient (Wildman–Crippen LogP) is -0.0842. The van der Waals surface area contributed by atoms with Gasteiger partial charge in [0.1, 0.15) is 37.2 Å². The van der Waals surface area contributed by atoms with Gasteiger partial charge in [-0.3, -0.25) is 14.5 Å². The van der Waals surface area contributed by atoms with E-state index in [-0.39, 0.29) is 43.0 Å². The SMILES string of the molecule is CON=C(C)C(=O)N1CCC(NC2=NCNC(C(=O)NC[C@H](O)CN3CCc4ccccc4C3)=C2)C(F)C1. The lowest BCUT2D eigenvalue weighted by Gasteiger charge is -2.35. The smallest absolute Gasteiger partial charge is 0.271 e. The predicted molar refractivity (Wildman–Crippen MR) is 141 cm³/mol. The van der Waals surface area contributed by atoms with Crippen molar-refractivity contribution in [3.05, 3.63) is 47.2 Å². The highest BCUT2D eigenvalue weighted by atomic mass is 19.1. The first-order chi connectivity index (χ1) is 18.3. The third-order valence-electron chi connectivity index (χ3n) is 6.92. The second-order valence-corrected chi connectivity index (χ2v) is 9.72. The molecule has 11 nitrogen and oxygen atoms in total. The van der Waals surface area contributed by atoms with Crippen LogP contribution in [0.5, 0.6) is 0 Å². The summed E-state index contributed by atoms with van der Waals surface area (Å²) in [4.78, 5) is 37.6. The van der Waals surface area contributed by atoms with Crippen LogP contribution in [0.1, 0.15) is 24.5 Å². The molecule has 0 aromatic heterocycles. The van der Waals surface area contributed by atoms with Crippen LogP contribution in [0.25, 0.3) is 0 Å². The fraction of sp³-hybridized carbons (Fsp3) is 0.538. The molecule has 3 atom stereocenters. The highest BCUT2D eigenvalue weighted by molar-refractivity contribution is 6.37. The number of aliphatic hydroxyl groups is 1. The van der Waals surface area contributed by atoms with Gasteiger partial charge in [0.25, 0.3) is 11.8 Å². The van der Waals surface area contributed by atoms with Gasteiger partial charge in [0, 0.05) is 38.8 Å². The summed E-state index contributed by atoms with van der Waals surface area (Å²) in [5.74, 6) is -0.336. The van der Waals surface area contributed by atoms with E-state index in [1.54, 1.807) is 0 Å². The molecule has 1 saturated heterocycles.